The standard InChI is InChI=1S/C16H19N3O3S/c1-17-15(20)10-2-3-12-13(8-10)18-14(19-16(12)21)9-23-11-4-6-22-7-5-11/h2-3,8,11-12H,4-7,9H2,1H3,(H,17,20). The zero-order valence-electron chi connectivity index (χ0n) is 12.9. The van der Waals surface area contributed by atoms with Gasteiger partial charge in [0.05, 0.1) is 11.5 Å². The van der Waals surface area contributed by atoms with Gasteiger partial charge in [0, 0.05) is 31.1 Å². The van der Waals surface area contributed by atoms with Gasteiger partial charge < -0.3 is 10.1 Å². The van der Waals surface area contributed by atoms with Crippen LogP contribution in [0.25, 0.3) is 0 Å². The molecule has 0 spiro atoms. The predicted molar refractivity (Wildman–Crippen MR) is 91.0 cm³/mol. The van der Waals surface area contributed by atoms with Crippen molar-refractivity contribution < 1.29 is 14.3 Å². The lowest BCUT2D eigenvalue weighted by molar-refractivity contribution is -0.119. The Balaban J connectivity index is 1.69. The summed E-state index contributed by atoms with van der Waals surface area (Å²) in [5.41, 5.74) is 1.11. The van der Waals surface area contributed by atoms with Crippen molar-refractivity contribution in [3.05, 3.63) is 23.8 Å². The van der Waals surface area contributed by atoms with Gasteiger partial charge in [-0.25, -0.2) is 4.99 Å². The Labute approximate surface area is 139 Å². The number of carbonyl (C=O) groups is 2. The number of nitrogens with one attached hydrogen (secondary N) is 1. The Morgan fingerprint density at radius 2 is 2.17 bits per heavy atom. The first-order valence-corrected chi connectivity index (χ1v) is 8.73. The van der Waals surface area contributed by atoms with Gasteiger partial charge in [0.1, 0.15) is 11.8 Å². The molecule has 2 aliphatic heterocycles. The first kappa shape index (κ1) is 16.1. The number of thioether (sulfide) groups is 1. The molecule has 1 fully saturated rings. The molecule has 3 aliphatic rings. The van der Waals surface area contributed by atoms with E-state index in [1.165, 1.54) is 0 Å². The summed E-state index contributed by atoms with van der Waals surface area (Å²) in [5.74, 6) is 0.303. The van der Waals surface area contributed by atoms with Crippen LogP contribution >= 0.6 is 11.8 Å². The summed E-state index contributed by atoms with van der Waals surface area (Å²) in [6, 6.07) is 0. The SMILES string of the molecule is CNC(=O)C1=CC2=NC(CSC3CCOCC3)=NC(=O)C2C=C1. The number of rotatable bonds is 4. The third-order valence-electron chi connectivity index (χ3n) is 3.96. The second kappa shape index (κ2) is 7.23. The van der Waals surface area contributed by atoms with Gasteiger partial charge in [-0.3, -0.25) is 9.59 Å². The molecule has 1 unspecified atom stereocenters. The van der Waals surface area contributed by atoms with Crippen LogP contribution in [0.5, 0.6) is 0 Å². The van der Waals surface area contributed by atoms with Gasteiger partial charge in [-0.05, 0) is 18.9 Å². The molecule has 6 nitrogen and oxygen atoms in total. The van der Waals surface area contributed by atoms with Gasteiger partial charge in [-0.1, -0.05) is 12.2 Å². The monoisotopic (exact) mass is 333 g/mol. The zero-order chi connectivity index (χ0) is 16.2. The Hall–Kier alpha value is -1.73. The molecule has 122 valence electrons. The smallest absolute Gasteiger partial charge is 0.260 e. The molecule has 2 heterocycles. The number of fused-ring (bicyclic) bond motifs is 1. The van der Waals surface area contributed by atoms with Crippen LogP contribution in [0.15, 0.2) is 33.8 Å². The normalized spacial score (nSPS) is 24.5. The van der Waals surface area contributed by atoms with Gasteiger partial charge in [0.2, 0.25) is 0 Å². The van der Waals surface area contributed by atoms with Crippen LogP contribution in [0.4, 0.5) is 0 Å². The van der Waals surface area contributed by atoms with Crippen LogP contribution in [0.2, 0.25) is 0 Å². The molecule has 0 aromatic carbocycles. The molecule has 1 atom stereocenters. The summed E-state index contributed by atoms with van der Waals surface area (Å²) >= 11 is 1.77. The number of likely N-dealkylation sites (N-methyl/N-ethyl adjacent to an activating group) is 1. The van der Waals surface area contributed by atoms with Crippen molar-refractivity contribution in [2.45, 2.75) is 18.1 Å². The van der Waals surface area contributed by atoms with Crippen LogP contribution in [-0.2, 0) is 14.3 Å². The lowest BCUT2D eigenvalue weighted by Gasteiger charge is -2.23. The molecular weight excluding hydrogens is 314 g/mol. The van der Waals surface area contributed by atoms with Crippen molar-refractivity contribution in [1.29, 1.82) is 0 Å². The summed E-state index contributed by atoms with van der Waals surface area (Å²) < 4.78 is 5.35. The minimum Gasteiger partial charge on any atom is -0.381 e. The first-order chi connectivity index (χ1) is 11.2. The largest absolute Gasteiger partial charge is 0.381 e. The molecule has 23 heavy (non-hydrogen) atoms. The molecular formula is C16H19N3O3S. The minimum atomic E-state index is -0.458. The number of hydrogen-bond donors (Lipinski definition) is 1. The van der Waals surface area contributed by atoms with E-state index in [4.69, 9.17) is 4.74 Å². The van der Waals surface area contributed by atoms with Crippen molar-refractivity contribution in [3.63, 3.8) is 0 Å². The molecule has 1 saturated heterocycles. The van der Waals surface area contributed by atoms with E-state index in [1.54, 1.807) is 37.0 Å². The highest BCUT2D eigenvalue weighted by molar-refractivity contribution is 8.00. The summed E-state index contributed by atoms with van der Waals surface area (Å²) in [4.78, 5) is 32.5. The third-order valence-corrected chi connectivity index (χ3v) is 5.33. The number of aliphatic imine (C=N–C) groups is 2. The molecule has 0 radical (unpaired) electrons. The predicted octanol–water partition coefficient (Wildman–Crippen LogP) is 1.14. The number of amides is 2. The highest BCUT2D eigenvalue weighted by Crippen LogP contribution is 2.25. The van der Waals surface area contributed by atoms with Gasteiger partial charge in [0.25, 0.3) is 11.8 Å². The van der Waals surface area contributed by atoms with Crippen molar-refractivity contribution in [1.82, 2.24) is 5.32 Å². The molecule has 0 saturated carbocycles. The van der Waals surface area contributed by atoms with E-state index in [-0.39, 0.29) is 11.8 Å². The highest BCUT2D eigenvalue weighted by Gasteiger charge is 2.29. The average molecular weight is 333 g/mol. The number of amidine groups is 1. The van der Waals surface area contributed by atoms with Crippen LogP contribution < -0.4 is 5.32 Å². The van der Waals surface area contributed by atoms with Crippen molar-refractivity contribution in [2.24, 2.45) is 15.9 Å². The summed E-state index contributed by atoms with van der Waals surface area (Å²) in [5, 5.41) is 3.11. The number of hydrogen-bond acceptors (Lipinski definition) is 5. The second-order valence-electron chi connectivity index (χ2n) is 5.54. The van der Waals surface area contributed by atoms with Crippen molar-refractivity contribution >= 4 is 35.1 Å². The fourth-order valence-corrected chi connectivity index (χ4v) is 3.70. The van der Waals surface area contributed by atoms with E-state index in [9.17, 15) is 9.59 Å². The maximum atomic E-state index is 12.2. The molecule has 3 rings (SSSR count). The average Bonchev–Trinajstić information content (AvgIpc) is 2.59. The quantitative estimate of drug-likeness (QED) is 0.836. The van der Waals surface area contributed by atoms with E-state index in [1.807, 2.05) is 0 Å². The lowest BCUT2D eigenvalue weighted by Crippen LogP contribution is -2.31. The molecule has 7 heteroatoms. The first-order valence-electron chi connectivity index (χ1n) is 7.68. The maximum absolute atomic E-state index is 12.2. The Morgan fingerprint density at radius 3 is 2.91 bits per heavy atom. The fraction of sp³-hybridized carbons (Fsp3) is 0.500. The third kappa shape index (κ3) is 3.79. The summed E-state index contributed by atoms with van der Waals surface area (Å²) in [6.45, 7) is 1.59. The Kier molecular flexibility index (Phi) is 5.07. The zero-order valence-corrected chi connectivity index (χ0v) is 13.8. The van der Waals surface area contributed by atoms with Gasteiger partial charge in [-0.15, -0.1) is 0 Å². The van der Waals surface area contributed by atoms with E-state index in [0.717, 1.165) is 26.1 Å². The van der Waals surface area contributed by atoms with Gasteiger partial charge in [0.15, 0.2) is 0 Å². The lowest BCUT2D eigenvalue weighted by atomic mass is 9.92. The topological polar surface area (TPSA) is 80.1 Å². The van der Waals surface area contributed by atoms with Crippen molar-refractivity contribution in [2.75, 3.05) is 26.0 Å². The van der Waals surface area contributed by atoms with Crippen LogP contribution in [0.3, 0.4) is 0 Å². The van der Waals surface area contributed by atoms with Crippen molar-refractivity contribution in [3.8, 4) is 0 Å². The van der Waals surface area contributed by atoms with E-state index >= 15 is 0 Å². The van der Waals surface area contributed by atoms with Crippen LogP contribution in [0, 0.1) is 5.92 Å². The highest BCUT2D eigenvalue weighted by atomic mass is 32.2. The summed E-state index contributed by atoms with van der Waals surface area (Å²) in [7, 11) is 1.58. The van der Waals surface area contributed by atoms with E-state index < -0.39 is 5.92 Å². The molecule has 0 aromatic heterocycles. The molecule has 0 bridgehead atoms. The Morgan fingerprint density at radius 1 is 1.39 bits per heavy atom. The van der Waals surface area contributed by atoms with Gasteiger partial charge in [-0.2, -0.15) is 16.8 Å². The van der Waals surface area contributed by atoms with Crippen LogP contribution in [-0.4, -0.2) is 54.6 Å². The second-order valence-corrected chi connectivity index (χ2v) is 6.83. The number of ether oxygens (including phenoxy) is 1. The fourth-order valence-electron chi connectivity index (χ4n) is 2.66. The van der Waals surface area contributed by atoms with E-state index in [0.29, 0.717) is 28.1 Å². The minimum absolute atomic E-state index is 0.185. The van der Waals surface area contributed by atoms with E-state index in [2.05, 4.69) is 15.3 Å². The summed E-state index contributed by atoms with van der Waals surface area (Å²) in [6.07, 6.45) is 7.06. The number of nitrogens with zero attached hydrogens (tertiary/aromatic N) is 2. The number of carbonyl (C=O) groups excluding carboxylic acids is 2. The maximum Gasteiger partial charge on any atom is 0.260 e. The van der Waals surface area contributed by atoms with Gasteiger partial charge >= 0.3 is 0 Å². The van der Waals surface area contributed by atoms with Crippen LogP contribution in [0.1, 0.15) is 12.8 Å². The molecule has 1 aliphatic carbocycles. The molecule has 1 N–H and O–H groups in total. The molecule has 0 aromatic rings. The molecule has 2 amide bonds. The Bertz CT molecular complexity index is 630. The number of allylic oxidation sites excluding steroid dienone is 1.